The fourth-order valence-electron chi connectivity index (χ4n) is 2.26. The van der Waals surface area contributed by atoms with Gasteiger partial charge in [0.1, 0.15) is 4.70 Å². The van der Waals surface area contributed by atoms with E-state index in [0.717, 1.165) is 5.56 Å². The third-order valence-electron chi connectivity index (χ3n) is 3.82. The maximum atomic E-state index is 12.5. The first kappa shape index (κ1) is 18.0. The van der Waals surface area contributed by atoms with Crippen LogP contribution in [0.25, 0.3) is 10.2 Å². The molecule has 5 nitrogen and oxygen atoms in total. The van der Waals surface area contributed by atoms with Gasteiger partial charge in [0.25, 0.3) is 5.56 Å². The van der Waals surface area contributed by atoms with Crippen molar-refractivity contribution in [1.82, 2.24) is 9.55 Å². The highest BCUT2D eigenvalue weighted by Crippen LogP contribution is 2.26. The van der Waals surface area contributed by atoms with Crippen molar-refractivity contribution in [1.29, 1.82) is 0 Å². The van der Waals surface area contributed by atoms with Crippen molar-refractivity contribution >= 4 is 56.5 Å². The van der Waals surface area contributed by atoms with Gasteiger partial charge in [0.15, 0.2) is 5.16 Å². The number of carbonyl (C=O) groups excluding carboxylic acids is 1. The minimum absolute atomic E-state index is 0.0965. The molecule has 1 aromatic carbocycles. The van der Waals surface area contributed by atoms with E-state index in [0.29, 0.717) is 26.1 Å². The summed E-state index contributed by atoms with van der Waals surface area (Å²) in [6.45, 7) is 3.63. The monoisotopic (exact) mass is 393 g/mol. The molecule has 0 radical (unpaired) electrons. The summed E-state index contributed by atoms with van der Waals surface area (Å²) >= 11 is 8.71. The number of fused-ring (bicyclic) bond motifs is 1. The Morgan fingerprint density at radius 3 is 2.92 bits per heavy atom. The molecule has 0 saturated heterocycles. The van der Waals surface area contributed by atoms with Crippen molar-refractivity contribution in [3.05, 3.63) is 50.6 Å². The van der Waals surface area contributed by atoms with Gasteiger partial charge >= 0.3 is 0 Å². The second kappa shape index (κ2) is 7.19. The molecule has 1 N–H and O–H groups in total. The number of halogens is 1. The third kappa shape index (κ3) is 3.58. The molecule has 1 unspecified atom stereocenters. The van der Waals surface area contributed by atoms with E-state index in [-0.39, 0.29) is 11.5 Å². The number of anilines is 1. The predicted molar refractivity (Wildman–Crippen MR) is 105 cm³/mol. The van der Waals surface area contributed by atoms with Crippen molar-refractivity contribution in [2.24, 2.45) is 7.05 Å². The minimum Gasteiger partial charge on any atom is -0.325 e. The van der Waals surface area contributed by atoms with Crippen molar-refractivity contribution in [2.45, 2.75) is 24.3 Å². The molecule has 2 aromatic heterocycles. The molecule has 2 heterocycles. The Balaban J connectivity index is 1.81. The van der Waals surface area contributed by atoms with Gasteiger partial charge in [-0.15, -0.1) is 11.3 Å². The van der Waals surface area contributed by atoms with Gasteiger partial charge in [0.2, 0.25) is 5.91 Å². The molecule has 0 aliphatic carbocycles. The quantitative estimate of drug-likeness (QED) is 0.536. The summed E-state index contributed by atoms with van der Waals surface area (Å²) in [6, 6.07) is 7.19. The fourth-order valence-corrected chi connectivity index (χ4v) is 4.12. The van der Waals surface area contributed by atoms with Gasteiger partial charge in [-0.1, -0.05) is 29.4 Å². The van der Waals surface area contributed by atoms with Gasteiger partial charge in [-0.2, -0.15) is 0 Å². The molecule has 0 aliphatic rings. The molecule has 1 atom stereocenters. The summed E-state index contributed by atoms with van der Waals surface area (Å²) in [5.41, 5.74) is 2.06. The van der Waals surface area contributed by atoms with E-state index in [1.807, 2.05) is 24.4 Å². The van der Waals surface area contributed by atoms with E-state index in [1.165, 1.54) is 27.7 Å². The van der Waals surface area contributed by atoms with Crippen LogP contribution in [-0.4, -0.2) is 20.7 Å². The summed E-state index contributed by atoms with van der Waals surface area (Å²) in [5.74, 6) is -0.171. The first-order valence-electron chi connectivity index (χ1n) is 7.55. The van der Waals surface area contributed by atoms with E-state index >= 15 is 0 Å². The number of thiophene rings is 1. The lowest BCUT2D eigenvalue weighted by Crippen LogP contribution is -2.25. The van der Waals surface area contributed by atoms with Crippen molar-refractivity contribution in [3.63, 3.8) is 0 Å². The number of hydrogen-bond donors (Lipinski definition) is 1. The van der Waals surface area contributed by atoms with Gasteiger partial charge < -0.3 is 5.32 Å². The topological polar surface area (TPSA) is 64.0 Å². The van der Waals surface area contributed by atoms with E-state index in [4.69, 9.17) is 11.6 Å². The number of thioether (sulfide) groups is 1. The van der Waals surface area contributed by atoms with Gasteiger partial charge in [-0.05, 0) is 43.0 Å². The molecule has 0 fully saturated rings. The maximum absolute atomic E-state index is 12.5. The lowest BCUT2D eigenvalue weighted by molar-refractivity contribution is -0.115. The molecule has 0 bridgehead atoms. The van der Waals surface area contributed by atoms with Crippen molar-refractivity contribution in [3.8, 4) is 0 Å². The Kier molecular flexibility index (Phi) is 5.17. The van der Waals surface area contributed by atoms with Gasteiger partial charge in [-0.25, -0.2) is 4.98 Å². The second-order valence-electron chi connectivity index (χ2n) is 5.56. The number of amides is 1. The Morgan fingerprint density at radius 2 is 2.16 bits per heavy atom. The molecule has 25 heavy (non-hydrogen) atoms. The Hall–Kier alpha value is -1.83. The zero-order valence-electron chi connectivity index (χ0n) is 13.9. The molecule has 1 amide bonds. The zero-order chi connectivity index (χ0) is 18.1. The number of aromatic nitrogens is 2. The Labute approximate surface area is 158 Å². The van der Waals surface area contributed by atoms with Gasteiger partial charge in [-0.3, -0.25) is 14.2 Å². The van der Waals surface area contributed by atoms with Gasteiger partial charge in [0, 0.05) is 17.8 Å². The van der Waals surface area contributed by atoms with Crippen molar-refractivity contribution in [2.75, 3.05) is 5.32 Å². The smallest absolute Gasteiger partial charge is 0.271 e. The van der Waals surface area contributed by atoms with Crippen LogP contribution in [-0.2, 0) is 11.8 Å². The molecule has 0 saturated carbocycles. The van der Waals surface area contributed by atoms with E-state index in [1.54, 1.807) is 26.1 Å². The van der Waals surface area contributed by atoms with Crippen LogP contribution >= 0.6 is 34.7 Å². The number of benzene rings is 1. The van der Waals surface area contributed by atoms with E-state index < -0.39 is 5.25 Å². The van der Waals surface area contributed by atoms with Crippen LogP contribution in [0.3, 0.4) is 0 Å². The van der Waals surface area contributed by atoms with Gasteiger partial charge in [0.05, 0.1) is 10.8 Å². The number of nitrogens with zero attached hydrogens (tertiary/aromatic N) is 2. The lowest BCUT2D eigenvalue weighted by Gasteiger charge is -2.15. The second-order valence-corrected chi connectivity index (χ2v) is 8.19. The summed E-state index contributed by atoms with van der Waals surface area (Å²) in [6.07, 6.45) is 0. The molecule has 3 aromatic rings. The van der Waals surface area contributed by atoms with Crippen LogP contribution in [0.15, 0.2) is 39.6 Å². The number of nitrogens with one attached hydrogen (secondary N) is 1. The summed E-state index contributed by atoms with van der Waals surface area (Å²) in [4.78, 5) is 29.3. The largest absolute Gasteiger partial charge is 0.325 e. The predicted octanol–water partition coefficient (Wildman–Crippen LogP) is 4.08. The average molecular weight is 394 g/mol. The van der Waals surface area contributed by atoms with Crippen LogP contribution in [0.4, 0.5) is 5.69 Å². The average Bonchev–Trinajstić information content (AvgIpc) is 3.05. The Morgan fingerprint density at radius 1 is 1.40 bits per heavy atom. The molecular weight excluding hydrogens is 378 g/mol. The lowest BCUT2D eigenvalue weighted by atomic mass is 10.2. The molecule has 3 rings (SSSR count). The fraction of sp³-hybridized carbons (Fsp3) is 0.235. The number of carbonyl (C=O) groups is 1. The molecular formula is C17H16ClN3O2S2. The highest BCUT2D eigenvalue weighted by Gasteiger charge is 2.19. The van der Waals surface area contributed by atoms with Crippen LogP contribution in [0.1, 0.15) is 12.5 Å². The Bertz CT molecular complexity index is 1010. The standard InChI is InChI=1S/C17H16ClN3O2S2/c1-9-11(18)5-4-6-12(9)19-15(22)10(2)25-17-20-13-7-8-24-14(13)16(23)21(17)3/h4-8,10H,1-3H3,(H,19,22). The van der Waals surface area contributed by atoms with Crippen LogP contribution < -0.4 is 10.9 Å². The SMILES string of the molecule is Cc1c(Cl)cccc1NC(=O)C(C)Sc1nc2ccsc2c(=O)n1C. The molecule has 0 spiro atoms. The van der Waals surface area contributed by atoms with Crippen molar-refractivity contribution < 1.29 is 4.79 Å². The summed E-state index contributed by atoms with van der Waals surface area (Å²) < 4.78 is 2.11. The normalized spacial score (nSPS) is 12.3. The van der Waals surface area contributed by atoms with Crippen LogP contribution in [0, 0.1) is 6.92 Å². The third-order valence-corrected chi connectivity index (χ3v) is 6.27. The summed E-state index contributed by atoms with van der Waals surface area (Å²) in [7, 11) is 1.67. The maximum Gasteiger partial charge on any atom is 0.271 e. The minimum atomic E-state index is -0.424. The first-order chi connectivity index (χ1) is 11.9. The number of hydrogen-bond acceptors (Lipinski definition) is 5. The molecule has 130 valence electrons. The molecule has 0 aliphatic heterocycles. The zero-order valence-corrected chi connectivity index (χ0v) is 16.3. The van der Waals surface area contributed by atoms with E-state index in [9.17, 15) is 9.59 Å². The van der Waals surface area contributed by atoms with E-state index in [2.05, 4.69) is 10.3 Å². The summed E-state index contributed by atoms with van der Waals surface area (Å²) in [5, 5.41) is 5.41. The highest BCUT2D eigenvalue weighted by molar-refractivity contribution is 8.00. The highest BCUT2D eigenvalue weighted by atomic mass is 35.5. The first-order valence-corrected chi connectivity index (χ1v) is 9.69. The van der Waals surface area contributed by atoms with Crippen LogP contribution in [0.5, 0.6) is 0 Å². The van der Waals surface area contributed by atoms with Crippen LogP contribution in [0.2, 0.25) is 5.02 Å². The number of rotatable bonds is 4. The molecule has 8 heteroatoms.